The number of urea groups is 1. The number of hydrogen-bond donors (Lipinski definition) is 4. The van der Waals surface area contributed by atoms with Gasteiger partial charge in [-0.25, -0.2) is 4.79 Å². The zero-order chi connectivity index (χ0) is 12.8. The van der Waals surface area contributed by atoms with Crippen LogP contribution < -0.4 is 22.1 Å². The zero-order valence-electron chi connectivity index (χ0n) is 10.2. The molecule has 0 saturated heterocycles. The maximum absolute atomic E-state index is 10.7. The smallest absolute Gasteiger partial charge is 0.316 e. The third-order valence-corrected chi connectivity index (χ3v) is 2.57. The van der Waals surface area contributed by atoms with Gasteiger partial charge in [-0.15, -0.1) is 0 Å². The molecule has 2 unspecified atom stereocenters. The summed E-state index contributed by atoms with van der Waals surface area (Å²) in [6.45, 7) is 4.72. The molecule has 2 amide bonds. The Morgan fingerprint density at radius 1 is 1.29 bits per heavy atom. The normalized spacial score (nSPS) is 14.1. The summed E-state index contributed by atoms with van der Waals surface area (Å²) in [4.78, 5) is 10.7. The quantitative estimate of drug-likeness (QED) is 0.618. The van der Waals surface area contributed by atoms with Crippen LogP contribution in [0.1, 0.15) is 25.5 Å². The average molecular weight is 236 g/mol. The van der Waals surface area contributed by atoms with Gasteiger partial charge >= 0.3 is 6.03 Å². The summed E-state index contributed by atoms with van der Waals surface area (Å²) >= 11 is 0. The van der Waals surface area contributed by atoms with E-state index >= 15 is 0 Å². The molecule has 94 valence electrons. The first-order chi connectivity index (χ1) is 8.02. The van der Waals surface area contributed by atoms with Gasteiger partial charge < -0.3 is 22.1 Å². The Labute approximate surface area is 102 Å². The molecule has 0 aliphatic rings. The van der Waals surface area contributed by atoms with Crippen LogP contribution in [0.2, 0.25) is 0 Å². The highest BCUT2D eigenvalue weighted by Crippen LogP contribution is 2.16. The minimum absolute atomic E-state index is 0.219. The first kappa shape index (κ1) is 13.5. The van der Waals surface area contributed by atoms with E-state index in [-0.39, 0.29) is 12.1 Å². The van der Waals surface area contributed by atoms with Crippen molar-refractivity contribution in [2.75, 3.05) is 11.9 Å². The maximum atomic E-state index is 10.7. The van der Waals surface area contributed by atoms with Crippen molar-refractivity contribution in [3.8, 4) is 0 Å². The minimum atomic E-state index is -0.555. The van der Waals surface area contributed by atoms with E-state index in [1.165, 1.54) is 0 Å². The monoisotopic (exact) mass is 236 g/mol. The van der Waals surface area contributed by atoms with Gasteiger partial charge in [0.15, 0.2) is 0 Å². The maximum Gasteiger partial charge on any atom is 0.316 e. The van der Waals surface area contributed by atoms with E-state index in [1.807, 2.05) is 31.2 Å². The zero-order valence-corrected chi connectivity index (χ0v) is 10.2. The fraction of sp³-hybridized carbons (Fsp3) is 0.417. The van der Waals surface area contributed by atoms with E-state index in [0.717, 1.165) is 5.56 Å². The van der Waals surface area contributed by atoms with Crippen LogP contribution in [-0.4, -0.2) is 18.6 Å². The van der Waals surface area contributed by atoms with Crippen LogP contribution in [0.5, 0.6) is 0 Å². The molecule has 5 heteroatoms. The van der Waals surface area contributed by atoms with Crippen molar-refractivity contribution in [1.29, 1.82) is 0 Å². The van der Waals surface area contributed by atoms with Crippen molar-refractivity contribution in [2.45, 2.75) is 25.9 Å². The Morgan fingerprint density at radius 2 is 1.88 bits per heavy atom. The topological polar surface area (TPSA) is 93.2 Å². The number of amides is 2. The van der Waals surface area contributed by atoms with Crippen LogP contribution in [0.25, 0.3) is 0 Å². The molecule has 5 nitrogen and oxygen atoms in total. The summed E-state index contributed by atoms with van der Waals surface area (Å²) in [5, 5.41) is 5.89. The van der Waals surface area contributed by atoms with Crippen LogP contribution in [0.4, 0.5) is 10.5 Å². The van der Waals surface area contributed by atoms with Crippen molar-refractivity contribution in [1.82, 2.24) is 5.32 Å². The van der Waals surface area contributed by atoms with Gasteiger partial charge in [0.1, 0.15) is 0 Å². The van der Waals surface area contributed by atoms with Crippen LogP contribution in [0, 0.1) is 0 Å². The average Bonchev–Trinajstić information content (AvgIpc) is 2.28. The number of carbonyl (C=O) groups excluding carboxylic acids is 1. The predicted octanol–water partition coefficient (Wildman–Crippen LogP) is 1.17. The predicted molar refractivity (Wildman–Crippen MR) is 69.7 cm³/mol. The lowest BCUT2D eigenvalue weighted by molar-refractivity contribution is 0.259. The van der Waals surface area contributed by atoms with Gasteiger partial charge in [0, 0.05) is 24.3 Å². The standard InChI is InChI=1S/C12H20N4O/c1-8(7-13)15-9(2)10-3-5-11(6-4-10)16-12(14)17/h3-6,8-9,15H,7,13H2,1-2H3,(H3,14,16,17). The SMILES string of the molecule is CC(CN)NC(C)c1ccc(NC(N)=O)cc1. The minimum Gasteiger partial charge on any atom is -0.351 e. The van der Waals surface area contributed by atoms with Crippen molar-refractivity contribution in [2.24, 2.45) is 11.5 Å². The van der Waals surface area contributed by atoms with Gasteiger partial charge in [-0.05, 0) is 31.5 Å². The lowest BCUT2D eigenvalue weighted by Gasteiger charge is -2.19. The number of primary amides is 1. The number of anilines is 1. The third kappa shape index (κ3) is 4.42. The molecule has 1 aromatic rings. The number of carbonyl (C=O) groups is 1. The molecule has 0 heterocycles. The van der Waals surface area contributed by atoms with Gasteiger partial charge in [0.2, 0.25) is 0 Å². The summed E-state index contributed by atoms with van der Waals surface area (Å²) in [6, 6.07) is 7.49. The number of nitrogens with two attached hydrogens (primary N) is 2. The molecule has 0 saturated carbocycles. The molecule has 1 aromatic carbocycles. The summed E-state index contributed by atoms with van der Waals surface area (Å²) in [5.74, 6) is 0. The van der Waals surface area contributed by atoms with Crippen molar-refractivity contribution < 1.29 is 4.79 Å². The van der Waals surface area contributed by atoms with Gasteiger partial charge in [-0.3, -0.25) is 0 Å². The van der Waals surface area contributed by atoms with E-state index in [9.17, 15) is 4.79 Å². The van der Waals surface area contributed by atoms with Crippen LogP contribution >= 0.6 is 0 Å². The highest BCUT2D eigenvalue weighted by atomic mass is 16.2. The molecular weight excluding hydrogens is 216 g/mol. The van der Waals surface area contributed by atoms with Gasteiger partial charge in [-0.2, -0.15) is 0 Å². The summed E-state index contributed by atoms with van der Waals surface area (Å²) in [6.07, 6.45) is 0. The van der Waals surface area contributed by atoms with Gasteiger partial charge in [0.25, 0.3) is 0 Å². The van der Waals surface area contributed by atoms with Crippen molar-refractivity contribution in [3.05, 3.63) is 29.8 Å². The Morgan fingerprint density at radius 3 is 2.35 bits per heavy atom. The molecule has 0 spiro atoms. The molecule has 0 radical (unpaired) electrons. The van der Waals surface area contributed by atoms with Crippen LogP contribution in [0.3, 0.4) is 0 Å². The Balaban J connectivity index is 2.63. The molecule has 6 N–H and O–H groups in total. The lowest BCUT2D eigenvalue weighted by Crippen LogP contribution is -2.35. The van der Waals surface area contributed by atoms with Crippen molar-refractivity contribution in [3.63, 3.8) is 0 Å². The lowest BCUT2D eigenvalue weighted by atomic mass is 10.1. The molecule has 2 atom stereocenters. The first-order valence-corrected chi connectivity index (χ1v) is 5.65. The Bertz CT molecular complexity index is 363. The third-order valence-electron chi connectivity index (χ3n) is 2.57. The second kappa shape index (κ2) is 6.22. The van der Waals surface area contributed by atoms with Crippen molar-refractivity contribution >= 4 is 11.7 Å². The molecule has 17 heavy (non-hydrogen) atoms. The van der Waals surface area contributed by atoms with Crippen LogP contribution in [0.15, 0.2) is 24.3 Å². The second-order valence-corrected chi connectivity index (χ2v) is 4.14. The molecule has 0 aromatic heterocycles. The van der Waals surface area contributed by atoms with E-state index < -0.39 is 6.03 Å². The fourth-order valence-electron chi connectivity index (χ4n) is 1.59. The molecule has 0 aliphatic carbocycles. The molecule has 1 rings (SSSR count). The van der Waals surface area contributed by atoms with Gasteiger partial charge in [0.05, 0.1) is 0 Å². The Kier molecular flexibility index (Phi) is 4.93. The molecule has 0 fully saturated rings. The van der Waals surface area contributed by atoms with E-state index in [0.29, 0.717) is 12.2 Å². The Hall–Kier alpha value is -1.59. The first-order valence-electron chi connectivity index (χ1n) is 5.65. The molecule has 0 bridgehead atoms. The van der Waals surface area contributed by atoms with E-state index in [1.54, 1.807) is 0 Å². The number of benzene rings is 1. The second-order valence-electron chi connectivity index (χ2n) is 4.14. The summed E-state index contributed by atoms with van der Waals surface area (Å²) in [5.41, 5.74) is 12.4. The summed E-state index contributed by atoms with van der Waals surface area (Å²) in [7, 11) is 0. The highest BCUT2D eigenvalue weighted by molar-refractivity contribution is 5.87. The van der Waals surface area contributed by atoms with E-state index in [2.05, 4.69) is 17.6 Å². The number of rotatable bonds is 5. The largest absolute Gasteiger partial charge is 0.351 e. The molecular formula is C12H20N4O. The summed E-state index contributed by atoms with van der Waals surface area (Å²) < 4.78 is 0. The van der Waals surface area contributed by atoms with Crippen LogP contribution in [-0.2, 0) is 0 Å². The number of hydrogen-bond acceptors (Lipinski definition) is 3. The van der Waals surface area contributed by atoms with Gasteiger partial charge in [-0.1, -0.05) is 12.1 Å². The fourth-order valence-corrected chi connectivity index (χ4v) is 1.59. The van der Waals surface area contributed by atoms with E-state index in [4.69, 9.17) is 11.5 Å². The number of nitrogens with one attached hydrogen (secondary N) is 2. The highest BCUT2D eigenvalue weighted by Gasteiger charge is 2.08. The molecule has 0 aliphatic heterocycles.